The minimum absolute atomic E-state index is 0.276. The number of nitrogen functional groups attached to an aromatic ring is 1. The van der Waals surface area contributed by atoms with E-state index in [-0.39, 0.29) is 5.91 Å². The molecule has 6 nitrogen and oxygen atoms in total. The molecule has 7 heteroatoms. The van der Waals surface area contributed by atoms with Crippen LogP contribution in [-0.2, 0) is 0 Å². The van der Waals surface area contributed by atoms with Crippen molar-refractivity contribution in [3.05, 3.63) is 89.8 Å². The van der Waals surface area contributed by atoms with Crippen LogP contribution in [0.3, 0.4) is 0 Å². The molecule has 0 aliphatic rings. The van der Waals surface area contributed by atoms with Gasteiger partial charge in [-0.25, -0.2) is 4.98 Å². The van der Waals surface area contributed by atoms with Crippen molar-refractivity contribution in [3.8, 4) is 33.9 Å². The van der Waals surface area contributed by atoms with E-state index in [0.717, 1.165) is 39.3 Å². The highest BCUT2D eigenvalue weighted by atomic mass is 32.1. The Morgan fingerprint density at radius 3 is 2.31 bits per heavy atom. The van der Waals surface area contributed by atoms with E-state index in [9.17, 15) is 4.79 Å². The van der Waals surface area contributed by atoms with E-state index in [1.807, 2.05) is 79.7 Å². The van der Waals surface area contributed by atoms with Gasteiger partial charge in [-0.3, -0.25) is 4.79 Å². The normalized spacial score (nSPS) is 10.8. The fraction of sp³-hybridized carbons (Fsp3) is 0.103. The monoisotopic (exact) mass is 495 g/mol. The number of aromatic nitrogens is 1. The van der Waals surface area contributed by atoms with Crippen LogP contribution in [0.2, 0.25) is 0 Å². The molecule has 3 aromatic carbocycles. The number of ether oxygens (including phenoxy) is 2. The van der Waals surface area contributed by atoms with Crippen LogP contribution >= 0.6 is 11.3 Å². The summed E-state index contributed by atoms with van der Waals surface area (Å²) in [5.74, 6) is 1.24. The summed E-state index contributed by atoms with van der Waals surface area (Å²) in [5.41, 5.74) is 11.4. The molecule has 180 valence electrons. The average molecular weight is 496 g/mol. The molecule has 0 saturated carbocycles. The average Bonchev–Trinajstić information content (AvgIpc) is 3.26. The van der Waals surface area contributed by atoms with Crippen LogP contribution < -0.4 is 20.5 Å². The van der Waals surface area contributed by atoms with Gasteiger partial charge in [0.1, 0.15) is 21.2 Å². The van der Waals surface area contributed by atoms with Crippen molar-refractivity contribution in [3.63, 3.8) is 0 Å². The van der Waals surface area contributed by atoms with Gasteiger partial charge in [-0.15, -0.1) is 11.3 Å². The summed E-state index contributed by atoms with van der Waals surface area (Å²) in [4.78, 5) is 19.3. The smallest absolute Gasteiger partial charge is 0.267 e. The van der Waals surface area contributed by atoms with E-state index in [4.69, 9.17) is 20.2 Å². The van der Waals surface area contributed by atoms with E-state index in [0.29, 0.717) is 27.7 Å². The Kier molecular flexibility index (Phi) is 6.56. The standard InChI is InChI=1S/C29H25N3O3S/c1-3-35-22-15-11-20(12-16-22)31-28(33)27-26(30)25-23(18-9-13-21(34-2)14-10-18)17-24(32-29(25)36-27)19-7-5-4-6-8-19/h4-17H,3,30H2,1-2H3,(H,31,33). The second-order valence-electron chi connectivity index (χ2n) is 8.09. The first-order valence-electron chi connectivity index (χ1n) is 11.5. The topological polar surface area (TPSA) is 86.5 Å². The van der Waals surface area contributed by atoms with Crippen molar-refractivity contribution < 1.29 is 14.3 Å². The lowest BCUT2D eigenvalue weighted by Crippen LogP contribution is -2.11. The number of nitrogens with two attached hydrogens (primary N) is 1. The summed E-state index contributed by atoms with van der Waals surface area (Å²) in [6.07, 6.45) is 0. The van der Waals surface area contributed by atoms with Crippen molar-refractivity contribution in [1.82, 2.24) is 4.98 Å². The Morgan fingerprint density at radius 1 is 0.944 bits per heavy atom. The molecule has 36 heavy (non-hydrogen) atoms. The molecule has 0 saturated heterocycles. The molecule has 0 atom stereocenters. The number of hydrogen-bond acceptors (Lipinski definition) is 6. The molecular weight excluding hydrogens is 470 g/mol. The fourth-order valence-corrected chi connectivity index (χ4v) is 5.05. The highest BCUT2D eigenvalue weighted by Crippen LogP contribution is 2.42. The minimum Gasteiger partial charge on any atom is -0.497 e. The molecule has 0 fully saturated rings. The quantitative estimate of drug-likeness (QED) is 0.257. The van der Waals surface area contributed by atoms with Crippen molar-refractivity contribution >= 4 is 38.8 Å². The molecule has 3 N–H and O–H groups in total. The van der Waals surface area contributed by atoms with Crippen LogP contribution in [0.15, 0.2) is 84.9 Å². The van der Waals surface area contributed by atoms with Crippen LogP contribution in [0.25, 0.3) is 32.6 Å². The number of anilines is 2. The number of benzene rings is 3. The molecular formula is C29H25N3O3S. The summed E-state index contributed by atoms with van der Waals surface area (Å²) < 4.78 is 10.8. The third-order valence-electron chi connectivity index (χ3n) is 5.80. The molecule has 2 heterocycles. The molecule has 0 aliphatic heterocycles. The van der Waals surface area contributed by atoms with Gasteiger partial charge in [0.2, 0.25) is 0 Å². The Morgan fingerprint density at radius 2 is 1.64 bits per heavy atom. The number of nitrogens with zero attached hydrogens (tertiary/aromatic N) is 1. The molecule has 2 aromatic heterocycles. The first kappa shape index (κ1) is 23.4. The van der Waals surface area contributed by atoms with Gasteiger partial charge in [-0.05, 0) is 60.5 Å². The maximum absolute atomic E-state index is 13.2. The first-order valence-corrected chi connectivity index (χ1v) is 12.4. The van der Waals surface area contributed by atoms with E-state index < -0.39 is 0 Å². The maximum atomic E-state index is 13.2. The number of nitrogens with one attached hydrogen (secondary N) is 1. The van der Waals surface area contributed by atoms with Gasteiger partial charge < -0.3 is 20.5 Å². The highest BCUT2D eigenvalue weighted by molar-refractivity contribution is 7.21. The van der Waals surface area contributed by atoms with Crippen molar-refractivity contribution in [2.75, 3.05) is 24.8 Å². The number of methoxy groups -OCH3 is 1. The summed E-state index contributed by atoms with van der Waals surface area (Å²) in [5, 5.41) is 3.71. The van der Waals surface area contributed by atoms with Crippen molar-refractivity contribution in [2.45, 2.75) is 6.92 Å². The third-order valence-corrected chi connectivity index (χ3v) is 6.90. The molecule has 5 aromatic rings. The lowest BCUT2D eigenvalue weighted by atomic mass is 9.99. The van der Waals surface area contributed by atoms with Crippen LogP contribution in [0.5, 0.6) is 11.5 Å². The lowest BCUT2D eigenvalue weighted by molar-refractivity contribution is 0.103. The lowest BCUT2D eigenvalue weighted by Gasteiger charge is -2.10. The van der Waals surface area contributed by atoms with E-state index in [1.54, 1.807) is 19.2 Å². The zero-order valence-corrected chi connectivity index (χ0v) is 20.8. The predicted octanol–water partition coefficient (Wildman–Crippen LogP) is 6.87. The van der Waals surface area contributed by atoms with Gasteiger partial charge >= 0.3 is 0 Å². The van der Waals surface area contributed by atoms with Crippen molar-refractivity contribution in [2.24, 2.45) is 0 Å². The van der Waals surface area contributed by atoms with E-state index in [1.165, 1.54) is 11.3 Å². The fourth-order valence-electron chi connectivity index (χ4n) is 4.03. The van der Waals surface area contributed by atoms with E-state index in [2.05, 4.69) is 5.32 Å². The van der Waals surface area contributed by atoms with Crippen LogP contribution in [0.4, 0.5) is 11.4 Å². The Bertz CT molecular complexity index is 1510. The Balaban J connectivity index is 1.59. The van der Waals surface area contributed by atoms with Gasteiger partial charge in [0.15, 0.2) is 0 Å². The minimum atomic E-state index is -0.276. The highest BCUT2D eigenvalue weighted by Gasteiger charge is 2.22. The Hall–Kier alpha value is -4.36. The molecule has 0 spiro atoms. The summed E-state index contributed by atoms with van der Waals surface area (Å²) in [6.45, 7) is 2.51. The molecule has 0 unspecified atom stereocenters. The predicted molar refractivity (Wildman–Crippen MR) is 147 cm³/mol. The second kappa shape index (κ2) is 10.1. The Labute approximate surface area is 213 Å². The van der Waals surface area contributed by atoms with Gasteiger partial charge in [0.05, 0.1) is 25.1 Å². The molecule has 0 bridgehead atoms. The largest absolute Gasteiger partial charge is 0.497 e. The molecule has 0 aliphatic carbocycles. The van der Waals surface area contributed by atoms with Gasteiger partial charge in [-0.1, -0.05) is 42.5 Å². The number of fused-ring (bicyclic) bond motifs is 1. The maximum Gasteiger partial charge on any atom is 0.267 e. The van der Waals surface area contributed by atoms with E-state index >= 15 is 0 Å². The van der Waals surface area contributed by atoms with Crippen LogP contribution in [-0.4, -0.2) is 24.6 Å². The van der Waals surface area contributed by atoms with Crippen LogP contribution in [0.1, 0.15) is 16.6 Å². The number of pyridine rings is 1. The number of thiophene rings is 1. The number of amides is 1. The zero-order chi connectivity index (χ0) is 25.1. The number of carbonyl (C=O) groups is 1. The molecule has 1 amide bonds. The van der Waals surface area contributed by atoms with Gasteiger partial charge in [0, 0.05) is 16.6 Å². The molecule has 0 radical (unpaired) electrons. The first-order chi connectivity index (χ1) is 17.6. The zero-order valence-electron chi connectivity index (χ0n) is 19.9. The second-order valence-corrected chi connectivity index (χ2v) is 9.09. The van der Waals surface area contributed by atoms with Crippen molar-refractivity contribution in [1.29, 1.82) is 0 Å². The SMILES string of the molecule is CCOc1ccc(NC(=O)c2sc3nc(-c4ccccc4)cc(-c4ccc(OC)cc4)c3c2N)cc1. The number of hydrogen-bond donors (Lipinski definition) is 2. The van der Waals surface area contributed by atoms with Gasteiger partial charge in [0.25, 0.3) is 5.91 Å². The summed E-state index contributed by atoms with van der Waals surface area (Å²) >= 11 is 1.29. The molecule has 5 rings (SSSR count). The van der Waals surface area contributed by atoms with Gasteiger partial charge in [-0.2, -0.15) is 0 Å². The third kappa shape index (κ3) is 4.61. The summed E-state index contributed by atoms with van der Waals surface area (Å²) in [7, 11) is 1.64. The van der Waals surface area contributed by atoms with Crippen LogP contribution in [0, 0.1) is 0 Å². The summed E-state index contributed by atoms with van der Waals surface area (Å²) in [6, 6.07) is 27.0. The number of rotatable bonds is 7. The number of carbonyl (C=O) groups excluding carboxylic acids is 1.